The number of hydrogen-bond donors (Lipinski definition) is 1. The average molecular weight is 654 g/mol. The van der Waals surface area contributed by atoms with E-state index in [9.17, 15) is 26.4 Å². The SMILES string of the molecule is C=CC(=O)N1CCC(CN2CCC[C@@H](Nc3ncc(C(F)(F)F)c(-c4cn(S(=O)(=O)c5ccccc5)c5ncccc45)n3)C2)CC1. The van der Waals surface area contributed by atoms with Crippen LogP contribution in [-0.2, 0) is 21.0 Å². The number of hydrogen-bond acceptors (Lipinski definition) is 8. The van der Waals surface area contributed by atoms with E-state index in [4.69, 9.17) is 0 Å². The van der Waals surface area contributed by atoms with E-state index >= 15 is 0 Å². The Kier molecular flexibility index (Phi) is 8.84. The summed E-state index contributed by atoms with van der Waals surface area (Å²) in [6.07, 6.45) is 3.33. The number of aromatic nitrogens is 4. The minimum atomic E-state index is -4.80. The van der Waals surface area contributed by atoms with Gasteiger partial charge in [0.25, 0.3) is 10.0 Å². The summed E-state index contributed by atoms with van der Waals surface area (Å²) < 4.78 is 71.0. The van der Waals surface area contributed by atoms with Crippen molar-refractivity contribution in [1.82, 2.24) is 28.7 Å². The van der Waals surface area contributed by atoms with Crippen LogP contribution in [0.15, 0.2) is 78.6 Å². The van der Waals surface area contributed by atoms with Gasteiger partial charge in [0.15, 0.2) is 5.65 Å². The first-order valence-corrected chi connectivity index (χ1v) is 16.6. The van der Waals surface area contributed by atoms with Gasteiger partial charge in [0.05, 0.1) is 10.6 Å². The van der Waals surface area contributed by atoms with Crippen molar-refractivity contribution in [2.75, 3.05) is 38.0 Å². The molecule has 6 rings (SSSR count). The lowest BCUT2D eigenvalue weighted by molar-refractivity contribution is -0.137. The normalized spacial score (nSPS) is 18.5. The third kappa shape index (κ3) is 6.49. The van der Waals surface area contributed by atoms with Gasteiger partial charge in [-0.2, -0.15) is 13.2 Å². The van der Waals surface area contributed by atoms with Crippen LogP contribution in [0.25, 0.3) is 22.3 Å². The number of amides is 1. The summed E-state index contributed by atoms with van der Waals surface area (Å²) in [5.74, 6) is 0.427. The van der Waals surface area contributed by atoms with Crippen LogP contribution in [-0.4, -0.2) is 81.8 Å². The van der Waals surface area contributed by atoms with Gasteiger partial charge in [0.2, 0.25) is 11.9 Å². The number of fused-ring (bicyclic) bond motifs is 1. The molecule has 2 aliphatic heterocycles. The molecule has 3 aromatic heterocycles. The average Bonchev–Trinajstić information content (AvgIpc) is 3.45. The molecule has 1 atom stereocenters. The number of carbonyl (C=O) groups is 1. The Bertz CT molecular complexity index is 1840. The van der Waals surface area contributed by atoms with Crippen LogP contribution < -0.4 is 5.32 Å². The Labute approximate surface area is 265 Å². The molecule has 4 aromatic rings. The zero-order valence-corrected chi connectivity index (χ0v) is 25.8. The Morgan fingerprint density at radius 1 is 1.04 bits per heavy atom. The van der Waals surface area contributed by atoms with Crippen molar-refractivity contribution in [3.63, 3.8) is 0 Å². The topological polar surface area (TPSA) is 113 Å². The zero-order valence-electron chi connectivity index (χ0n) is 25.0. The lowest BCUT2D eigenvalue weighted by atomic mass is 9.94. The van der Waals surface area contributed by atoms with Gasteiger partial charge in [-0.3, -0.25) is 4.79 Å². The molecule has 0 saturated carbocycles. The molecule has 0 unspecified atom stereocenters. The number of nitrogens with one attached hydrogen (secondary N) is 1. The lowest BCUT2D eigenvalue weighted by Crippen LogP contribution is -2.46. The van der Waals surface area contributed by atoms with Crippen LogP contribution in [0.3, 0.4) is 0 Å². The Balaban J connectivity index is 1.27. The van der Waals surface area contributed by atoms with Gasteiger partial charge in [0, 0.05) is 61.8 Å². The second-order valence-electron chi connectivity index (χ2n) is 11.7. The van der Waals surface area contributed by atoms with E-state index < -0.39 is 27.5 Å². The number of piperidine rings is 2. The van der Waals surface area contributed by atoms with Gasteiger partial charge < -0.3 is 15.1 Å². The number of likely N-dealkylation sites (tertiary alicyclic amines) is 2. The number of carbonyl (C=O) groups excluding carboxylic acids is 1. The van der Waals surface area contributed by atoms with Crippen LogP contribution in [0, 0.1) is 5.92 Å². The van der Waals surface area contributed by atoms with E-state index in [-0.39, 0.29) is 39.4 Å². The standard InChI is InChI=1S/C32H34F3N7O3S/c1-2-28(43)41-16-12-22(13-17-41)19-40-15-7-8-23(20-40)38-31-37-18-27(32(33,34)35)29(39-31)26-21-42(30-25(26)11-6-14-36-30)46(44,45)24-9-4-3-5-10-24/h2-6,9-11,14,18,21-23H,1,7-8,12-13,15-17,19-20H2,(H,37,38,39)/t23-/m1/s1. The van der Waals surface area contributed by atoms with Crippen LogP contribution >= 0.6 is 0 Å². The zero-order chi connectivity index (χ0) is 32.5. The highest BCUT2D eigenvalue weighted by Gasteiger charge is 2.37. The number of nitrogens with zero attached hydrogens (tertiary/aromatic N) is 6. The highest BCUT2D eigenvalue weighted by molar-refractivity contribution is 7.90. The summed E-state index contributed by atoms with van der Waals surface area (Å²) >= 11 is 0. The molecule has 0 radical (unpaired) electrons. The third-order valence-electron chi connectivity index (χ3n) is 8.64. The van der Waals surface area contributed by atoms with Crippen LogP contribution in [0.2, 0.25) is 0 Å². The van der Waals surface area contributed by atoms with E-state index in [1.807, 2.05) is 4.90 Å². The molecule has 46 heavy (non-hydrogen) atoms. The van der Waals surface area contributed by atoms with E-state index in [2.05, 4.69) is 31.7 Å². The Morgan fingerprint density at radius 2 is 1.80 bits per heavy atom. The molecule has 2 fully saturated rings. The van der Waals surface area contributed by atoms with Crippen LogP contribution in [0.4, 0.5) is 19.1 Å². The molecule has 1 aromatic carbocycles. The predicted molar refractivity (Wildman–Crippen MR) is 167 cm³/mol. The molecule has 1 N–H and O–H groups in total. The highest BCUT2D eigenvalue weighted by Crippen LogP contribution is 2.40. The molecule has 1 amide bonds. The fraction of sp³-hybridized carbons (Fsp3) is 0.375. The summed E-state index contributed by atoms with van der Waals surface area (Å²) in [6, 6.07) is 10.6. The van der Waals surface area contributed by atoms with Crippen molar-refractivity contribution in [2.45, 2.75) is 42.8 Å². The molecule has 10 nitrogen and oxygen atoms in total. The minimum absolute atomic E-state index is 0.00906. The second-order valence-corrected chi connectivity index (χ2v) is 13.5. The smallest absolute Gasteiger partial charge is 0.350 e. The van der Waals surface area contributed by atoms with Crippen molar-refractivity contribution in [2.24, 2.45) is 5.92 Å². The van der Waals surface area contributed by atoms with E-state index in [1.165, 1.54) is 36.5 Å². The summed E-state index contributed by atoms with van der Waals surface area (Å²) in [5, 5.41) is 3.45. The molecule has 2 saturated heterocycles. The van der Waals surface area contributed by atoms with Crippen LogP contribution in [0.1, 0.15) is 31.2 Å². The molecule has 14 heteroatoms. The van der Waals surface area contributed by atoms with Gasteiger partial charge in [-0.15, -0.1) is 0 Å². The maximum Gasteiger partial charge on any atom is 0.419 e. The quantitative estimate of drug-likeness (QED) is 0.263. The highest BCUT2D eigenvalue weighted by atomic mass is 32.2. The van der Waals surface area contributed by atoms with E-state index in [0.717, 1.165) is 55.1 Å². The maximum absolute atomic E-state index is 14.3. The molecule has 5 heterocycles. The summed E-state index contributed by atoms with van der Waals surface area (Å²) in [5.41, 5.74) is -1.54. The number of benzene rings is 1. The molecule has 2 aliphatic rings. The number of pyridine rings is 1. The summed E-state index contributed by atoms with van der Waals surface area (Å²) in [6.45, 7) is 7.42. The predicted octanol–water partition coefficient (Wildman–Crippen LogP) is 5.05. The lowest BCUT2D eigenvalue weighted by Gasteiger charge is -2.38. The first-order valence-electron chi connectivity index (χ1n) is 15.2. The third-order valence-corrected chi connectivity index (χ3v) is 10.3. The number of alkyl halides is 3. The van der Waals surface area contributed by atoms with E-state index in [1.54, 1.807) is 18.2 Å². The van der Waals surface area contributed by atoms with Crippen molar-refractivity contribution in [3.05, 3.63) is 79.3 Å². The van der Waals surface area contributed by atoms with Gasteiger partial charge in [-0.05, 0) is 68.5 Å². The van der Waals surface area contributed by atoms with Crippen LogP contribution in [0.5, 0.6) is 0 Å². The van der Waals surface area contributed by atoms with Gasteiger partial charge >= 0.3 is 6.18 Å². The van der Waals surface area contributed by atoms with Crippen molar-refractivity contribution >= 4 is 32.9 Å². The number of rotatable bonds is 8. The first-order chi connectivity index (χ1) is 22.0. The molecule has 0 aliphatic carbocycles. The van der Waals surface area contributed by atoms with E-state index in [0.29, 0.717) is 25.6 Å². The molecular formula is C32H34F3N7O3S. The fourth-order valence-corrected chi connectivity index (χ4v) is 7.67. The molecule has 0 bridgehead atoms. The monoisotopic (exact) mass is 653 g/mol. The van der Waals surface area contributed by atoms with Gasteiger partial charge in [0.1, 0.15) is 5.56 Å². The van der Waals surface area contributed by atoms with Crippen molar-refractivity contribution < 1.29 is 26.4 Å². The second kappa shape index (κ2) is 12.8. The first kappa shape index (κ1) is 31.7. The molecule has 242 valence electrons. The minimum Gasteiger partial charge on any atom is -0.350 e. The van der Waals surface area contributed by atoms with Crippen molar-refractivity contribution in [3.8, 4) is 11.3 Å². The summed E-state index contributed by atoms with van der Waals surface area (Å²) in [7, 11) is -4.18. The molecule has 0 spiro atoms. The largest absolute Gasteiger partial charge is 0.419 e. The number of anilines is 1. The number of halogens is 3. The Hall–Kier alpha value is -4.30. The maximum atomic E-state index is 14.3. The van der Waals surface area contributed by atoms with Crippen molar-refractivity contribution in [1.29, 1.82) is 0 Å². The van der Waals surface area contributed by atoms with Gasteiger partial charge in [-0.25, -0.2) is 27.3 Å². The van der Waals surface area contributed by atoms with Gasteiger partial charge in [-0.1, -0.05) is 24.8 Å². The Morgan fingerprint density at radius 3 is 2.52 bits per heavy atom. The fourth-order valence-electron chi connectivity index (χ4n) is 6.32. The summed E-state index contributed by atoms with van der Waals surface area (Å²) in [4.78, 5) is 28.7. The molecular weight excluding hydrogens is 619 g/mol.